The summed E-state index contributed by atoms with van der Waals surface area (Å²) in [5.74, 6) is -0.971. The van der Waals surface area contributed by atoms with Crippen LogP contribution in [0, 0.1) is 5.92 Å². The monoisotopic (exact) mass is 172 g/mol. The molecule has 0 saturated carbocycles. The summed E-state index contributed by atoms with van der Waals surface area (Å²) in [6.07, 6.45) is -0.183. The molecule has 4 heteroatoms. The Hall–Kier alpha value is -1.06. The molecule has 4 nitrogen and oxygen atoms in total. The third-order valence-corrected chi connectivity index (χ3v) is 1.62. The van der Waals surface area contributed by atoms with E-state index in [-0.39, 0.29) is 11.9 Å². The van der Waals surface area contributed by atoms with Crippen molar-refractivity contribution in [1.29, 1.82) is 0 Å². The zero-order valence-corrected chi connectivity index (χ0v) is 7.20. The van der Waals surface area contributed by atoms with E-state index in [1.165, 1.54) is 0 Å². The Labute approximate surface area is 70.8 Å². The summed E-state index contributed by atoms with van der Waals surface area (Å²) < 4.78 is 9.50. The molecule has 0 radical (unpaired) electrons. The molecule has 0 bridgehead atoms. The SMILES string of the molecule is CC(C)C(=O)OC1CCOC1=O. The van der Waals surface area contributed by atoms with Crippen molar-refractivity contribution in [3.63, 3.8) is 0 Å². The molecule has 0 aromatic rings. The third-order valence-electron chi connectivity index (χ3n) is 1.62. The second-order valence-corrected chi connectivity index (χ2v) is 3.04. The van der Waals surface area contributed by atoms with Crippen LogP contribution in [0.15, 0.2) is 0 Å². The Morgan fingerprint density at radius 3 is 2.75 bits per heavy atom. The minimum absolute atomic E-state index is 0.196. The summed E-state index contributed by atoms with van der Waals surface area (Å²) in [5, 5.41) is 0. The van der Waals surface area contributed by atoms with Gasteiger partial charge in [0.05, 0.1) is 12.5 Å². The quantitative estimate of drug-likeness (QED) is 0.569. The van der Waals surface area contributed by atoms with E-state index in [0.29, 0.717) is 13.0 Å². The number of carbonyl (C=O) groups excluding carboxylic acids is 2. The van der Waals surface area contributed by atoms with Crippen LogP contribution in [0.2, 0.25) is 0 Å². The average molecular weight is 172 g/mol. The summed E-state index contributed by atoms with van der Waals surface area (Å²) >= 11 is 0. The molecular formula is C8H12O4. The number of cyclic esters (lactones) is 1. The van der Waals surface area contributed by atoms with Crippen LogP contribution < -0.4 is 0 Å². The largest absolute Gasteiger partial charge is 0.463 e. The highest BCUT2D eigenvalue weighted by molar-refractivity contribution is 5.81. The van der Waals surface area contributed by atoms with E-state index in [2.05, 4.69) is 4.74 Å². The smallest absolute Gasteiger partial charge is 0.347 e. The van der Waals surface area contributed by atoms with E-state index < -0.39 is 12.1 Å². The van der Waals surface area contributed by atoms with Crippen LogP contribution in [0.5, 0.6) is 0 Å². The van der Waals surface area contributed by atoms with Gasteiger partial charge in [-0.1, -0.05) is 13.8 Å². The van der Waals surface area contributed by atoms with Crippen molar-refractivity contribution >= 4 is 11.9 Å². The zero-order valence-electron chi connectivity index (χ0n) is 7.20. The van der Waals surface area contributed by atoms with Gasteiger partial charge in [0.25, 0.3) is 0 Å². The Balaban J connectivity index is 2.40. The van der Waals surface area contributed by atoms with Gasteiger partial charge in [-0.3, -0.25) is 4.79 Å². The highest BCUT2D eigenvalue weighted by atomic mass is 16.6. The normalized spacial score (nSPS) is 22.6. The predicted molar refractivity (Wildman–Crippen MR) is 40.3 cm³/mol. The van der Waals surface area contributed by atoms with E-state index >= 15 is 0 Å². The van der Waals surface area contributed by atoms with Gasteiger partial charge in [0.2, 0.25) is 6.10 Å². The van der Waals surface area contributed by atoms with Crippen LogP contribution >= 0.6 is 0 Å². The molecule has 1 saturated heterocycles. The lowest BCUT2D eigenvalue weighted by atomic mass is 10.2. The van der Waals surface area contributed by atoms with Crippen LogP contribution in [0.4, 0.5) is 0 Å². The fourth-order valence-corrected chi connectivity index (χ4v) is 0.861. The molecule has 0 spiro atoms. The fourth-order valence-electron chi connectivity index (χ4n) is 0.861. The molecule has 68 valence electrons. The fraction of sp³-hybridized carbons (Fsp3) is 0.750. The first-order valence-corrected chi connectivity index (χ1v) is 3.98. The molecule has 1 atom stereocenters. The van der Waals surface area contributed by atoms with Crippen LogP contribution in [-0.4, -0.2) is 24.6 Å². The molecule has 1 aliphatic heterocycles. The molecule has 0 N–H and O–H groups in total. The number of rotatable bonds is 2. The van der Waals surface area contributed by atoms with E-state index in [0.717, 1.165) is 0 Å². The Morgan fingerprint density at radius 2 is 2.33 bits per heavy atom. The lowest BCUT2D eigenvalue weighted by Gasteiger charge is -2.09. The van der Waals surface area contributed by atoms with Crippen LogP contribution in [0.3, 0.4) is 0 Å². The lowest BCUT2D eigenvalue weighted by molar-refractivity contribution is -0.162. The minimum Gasteiger partial charge on any atom is -0.463 e. The number of carbonyl (C=O) groups is 2. The van der Waals surface area contributed by atoms with Gasteiger partial charge in [-0.2, -0.15) is 0 Å². The van der Waals surface area contributed by atoms with Crippen molar-refractivity contribution < 1.29 is 19.1 Å². The maximum absolute atomic E-state index is 11.0. The summed E-state index contributed by atoms with van der Waals surface area (Å²) in [5.41, 5.74) is 0. The van der Waals surface area contributed by atoms with Gasteiger partial charge in [0.15, 0.2) is 0 Å². The topological polar surface area (TPSA) is 52.6 Å². The highest BCUT2D eigenvalue weighted by Crippen LogP contribution is 2.12. The molecule has 1 fully saturated rings. The first-order chi connectivity index (χ1) is 5.61. The maximum Gasteiger partial charge on any atom is 0.347 e. The molecule has 1 rings (SSSR count). The van der Waals surface area contributed by atoms with Gasteiger partial charge in [-0.25, -0.2) is 4.79 Å². The third kappa shape index (κ3) is 1.96. The van der Waals surface area contributed by atoms with Crippen molar-refractivity contribution in [2.75, 3.05) is 6.61 Å². The molecule has 0 amide bonds. The number of esters is 2. The molecule has 12 heavy (non-hydrogen) atoms. The minimum atomic E-state index is -0.667. The molecule has 1 aliphatic rings. The van der Waals surface area contributed by atoms with Gasteiger partial charge in [0, 0.05) is 6.42 Å². The predicted octanol–water partition coefficient (Wildman–Crippen LogP) is 0.501. The maximum atomic E-state index is 11.0. The van der Waals surface area contributed by atoms with Crippen LogP contribution in [-0.2, 0) is 19.1 Å². The van der Waals surface area contributed by atoms with Crippen LogP contribution in [0.1, 0.15) is 20.3 Å². The zero-order chi connectivity index (χ0) is 9.14. The summed E-state index contributed by atoms with van der Waals surface area (Å²) in [4.78, 5) is 21.8. The van der Waals surface area contributed by atoms with Gasteiger partial charge < -0.3 is 9.47 Å². The highest BCUT2D eigenvalue weighted by Gasteiger charge is 2.30. The van der Waals surface area contributed by atoms with Gasteiger partial charge >= 0.3 is 11.9 Å². The van der Waals surface area contributed by atoms with Crippen molar-refractivity contribution in [2.45, 2.75) is 26.4 Å². The first kappa shape index (κ1) is 9.03. The summed E-state index contributed by atoms with van der Waals surface area (Å²) in [6.45, 7) is 3.81. The molecular weight excluding hydrogens is 160 g/mol. The summed E-state index contributed by atoms with van der Waals surface area (Å²) in [6, 6.07) is 0. The van der Waals surface area contributed by atoms with Gasteiger partial charge in [0.1, 0.15) is 0 Å². The number of hydrogen-bond donors (Lipinski definition) is 0. The van der Waals surface area contributed by atoms with Crippen molar-refractivity contribution in [1.82, 2.24) is 0 Å². The first-order valence-electron chi connectivity index (χ1n) is 3.98. The second kappa shape index (κ2) is 3.56. The Kier molecular flexibility index (Phi) is 2.68. The van der Waals surface area contributed by atoms with Gasteiger partial charge in [-0.05, 0) is 0 Å². The van der Waals surface area contributed by atoms with E-state index in [1.54, 1.807) is 13.8 Å². The number of ether oxygens (including phenoxy) is 2. The summed E-state index contributed by atoms with van der Waals surface area (Å²) in [7, 11) is 0. The van der Waals surface area contributed by atoms with E-state index in [9.17, 15) is 9.59 Å². The number of hydrogen-bond acceptors (Lipinski definition) is 4. The standard InChI is InChI=1S/C8H12O4/c1-5(2)7(9)12-6-3-4-11-8(6)10/h5-6H,3-4H2,1-2H3. The molecule has 0 aromatic heterocycles. The molecule has 0 aliphatic carbocycles. The molecule has 1 unspecified atom stereocenters. The van der Waals surface area contributed by atoms with Crippen molar-refractivity contribution in [3.8, 4) is 0 Å². The van der Waals surface area contributed by atoms with Crippen molar-refractivity contribution in [3.05, 3.63) is 0 Å². The Bertz CT molecular complexity index is 197. The second-order valence-electron chi connectivity index (χ2n) is 3.04. The van der Waals surface area contributed by atoms with Crippen LogP contribution in [0.25, 0.3) is 0 Å². The van der Waals surface area contributed by atoms with Gasteiger partial charge in [-0.15, -0.1) is 0 Å². The van der Waals surface area contributed by atoms with Crippen molar-refractivity contribution in [2.24, 2.45) is 5.92 Å². The van der Waals surface area contributed by atoms with E-state index in [1.807, 2.05) is 0 Å². The Morgan fingerprint density at radius 1 is 1.67 bits per heavy atom. The molecule has 0 aromatic carbocycles. The van der Waals surface area contributed by atoms with E-state index in [4.69, 9.17) is 4.74 Å². The average Bonchev–Trinajstić information content (AvgIpc) is 2.36. The lowest BCUT2D eigenvalue weighted by Crippen LogP contribution is -2.25. The molecule has 1 heterocycles.